The van der Waals surface area contributed by atoms with Gasteiger partial charge in [0.1, 0.15) is 0 Å². The van der Waals surface area contributed by atoms with Gasteiger partial charge in [0.15, 0.2) is 5.82 Å². The van der Waals surface area contributed by atoms with E-state index in [2.05, 4.69) is 34.4 Å². The van der Waals surface area contributed by atoms with E-state index in [1.165, 1.54) is 11.1 Å². The molecule has 1 aliphatic carbocycles. The minimum atomic E-state index is -0.476. The van der Waals surface area contributed by atoms with E-state index in [4.69, 9.17) is 4.52 Å². The molecule has 0 fully saturated rings. The number of rotatable bonds is 3. The van der Waals surface area contributed by atoms with Gasteiger partial charge in [0.05, 0.1) is 12.0 Å². The highest BCUT2D eigenvalue weighted by atomic mass is 16.5. The van der Waals surface area contributed by atoms with Gasteiger partial charge in [0, 0.05) is 5.92 Å². The molecule has 0 bridgehead atoms. The Bertz CT molecular complexity index is 592. The SMILES string of the molecule is CC(O)C(C)c1nc(C2CCc3ccccc3C2)no1. The van der Waals surface area contributed by atoms with Crippen LogP contribution in [0.2, 0.25) is 0 Å². The quantitative estimate of drug-likeness (QED) is 0.933. The van der Waals surface area contributed by atoms with Gasteiger partial charge in [-0.05, 0) is 37.3 Å². The first-order chi connectivity index (χ1) is 9.65. The molecule has 4 heteroatoms. The van der Waals surface area contributed by atoms with E-state index >= 15 is 0 Å². The van der Waals surface area contributed by atoms with Gasteiger partial charge in [-0.15, -0.1) is 0 Å². The average molecular weight is 272 g/mol. The van der Waals surface area contributed by atoms with E-state index in [9.17, 15) is 5.11 Å². The summed E-state index contributed by atoms with van der Waals surface area (Å²) in [5, 5.41) is 13.7. The zero-order valence-electron chi connectivity index (χ0n) is 11.9. The van der Waals surface area contributed by atoms with Crippen molar-refractivity contribution >= 4 is 0 Å². The zero-order valence-corrected chi connectivity index (χ0v) is 11.9. The van der Waals surface area contributed by atoms with Gasteiger partial charge >= 0.3 is 0 Å². The highest BCUT2D eigenvalue weighted by Gasteiger charge is 2.26. The standard InChI is InChI=1S/C16H20N2O2/c1-10(11(2)19)16-17-15(18-20-16)14-8-7-12-5-3-4-6-13(12)9-14/h3-6,10-11,14,19H,7-9H2,1-2H3. The third-order valence-corrected chi connectivity index (χ3v) is 4.28. The van der Waals surface area contributed by atoms with Crippen LogP contribution >= 0.6 is 0 Å². The molecule has 20 heavy (non-hydrogen) atoms. The Morgan fingerprint density at radius 2 is 2.00 bits per heavy atom. The molecular weight excluding hydrogens is 252 g/mol. The molecule has 2 aromatic rings. The first kappa shape index (κ1) is 13.3. The summed E-state index contributed by atoms with van der Waals surface area (Å²) < 4.78 is 5.31. The highest BCUT2D eigenvalue weighted by molar-refractivity contribution is 5.31. The summed E-state index contributed by atoms with van der Waals surface area (Å²) in [4.78, 5) is 4.49. The van der Waals surface area contributed by atoms with E-state index in [1.54, 1.807) is 6.92 Å². The molecule has 3 rings (SSSR count). The number of aliphatic hydroxyl groups excluding tert-OH is 1. The number of aromatic nitrogens is 2. The molecule has 0 aliphatic heterocycles. The lowest BCUT2D eigenvalue weighted by molar-refractivity contribution is 0.151. The maximum absolute atomic E-state index is 9.60. The van der Waals surface area contributed by atoms with Gasteiger partial charge in [-0.25, -0.2) is 0 Å². The number of aliphatic hydroxyl groups is 1. The third-order valence-electron chi connectivity index (χ3n) is 4.28. The molecule has 106 valence electrons. The highest BCUT2D eigenvalue weighted by Crippen LogP contribution is 2.31. The number of fused-ring (bicyclic) bond motifs is 1. The van der Waals surface area contributed by atoms with Crippen LogP contribution in [0.25, 0.3) is 0 Å². The van der Waals surface area contributed by atoms with Crippen LogP contribution in [0.4, 0.5) is 0 Å². The van der Waals surface area contributed by atoms with Gasteiger partial charge in [-0.3, -0.25) is 0 Å². The zero-order chi connectivity index (χ0) is 14.1. The molecular formula is C16H20N2O2. The molecule has 3 unspecified atom stereocenters. The van der Waals surface area contributed by atoms with Crippen molar-refractivity contribution in [1.29, 1.82) is 0 Å². The number of nitrogens with zero attached hydrogens (tertiary/aromatic N) is 2. The van der Waals surface area contributed by atoms with Crippen LogP contribution in [0.5, 0.6) is 0 Å². The van der Waals surface area contributed by atoms with Gasteiger partial charge in [-0.2, -0.15) is 4.98 Å². The largest absolute Gasteiger partial charge is 0.393 e. The lowest BCUT2D eigenvalue weighted by Crippen LogP contribution is -2.14. The second kappa shape index (κ2) is 5.37. The number of benzene rings is 1. The van der Waals surface area contributed by atoms with Crippen molar-refractivity contribution in [2.24, 2.45) is 0 Å². The van der Waals surface area contributed by atoms with Crippen LogP contribution in [0.15, 0.2) is 28.8 Å². The molecule has 0 spiro atoms. The minimum absolute atomic E-state index is 0.118. The van der Waals surface area contributed by atoms with Gasteiger partial charge in [-0.1, -0.05) is 36.3 Å². The van der Waals surface area contributed by atoms with E-state index in [0.717, 1.165) is 25.1 Å². The van der Waals surface area contributed by atoms with E-state index in [0.29, 0.717) is 11.8 Å². The summed E-state index contributed by atoms with van der Waals surface area (Å²) in [5.41, 5.74) is 2.82. The molecule has 0 amide bonds. The Kier molecular flexibility index (Phi) is 3.57. The van der Waals surface area contributed by atoms with Crippen molar-refractivity contribution in [2.75, 3.05) is 0 Å². The predicted molar refractivity (Wildman–Crippen MR) is 75.6 cm³/mol. The fraction of sp³-hybridized carbons (Fsp3) is 0.500. The molecule has 0 saturated heterocycles. The van der Waals surface area contributed by atoms with Crippen molar-refractivity contribution in [3.63, 3.8) is 0 Å². The molecule has 1 heterocycles. The van der Waals surface area contributed by atoms with Crippen molar-refractivity contribution in [3.05, 3.63) is 47.1 Å². The summed E-state index contributed by atoms with van der Waals surface area (Å²) in [6.45, 7) is 3.64. The summed E-state index contributed by atoms with van der Waals surface area (Å²) in [7, 11) is 0. The molecule has 1 N–H and O–H groups in total. The Hall–Kier alpha value is -1.68. The maximum atomic E-state index is 9.60. The number of aryl methyl sites for hydroxylation is 1. The minimum Gasteiger partial charge on any atom is -0.393 e. The summed E-state index contributed by atoms with van der Waals surface area (Å²) >= 11 is 0. The number of hydrogen-bond acceptors (Lipinski definition) is 4. The molecule has 1 aromatic heterocycles. The van der Waals surface area contributed by atoms with Crippen LogP contribution in [-0.4, -0.2) is 21.4 Å². The average Bonchev–Trinajstić information content (AvgIpc) is 2.95. The first-order valence-electron chi connectivity index (χ1n) is 7.23. The van der Waals surface area contributed by atoms with Crippen LogP contribution in [0.3, 0.4) is 0 Å². The second-order valence-electron chi connectivity index (χ2n) is 5.73. The molecule has 0 radical (unpaired) electrons. The van der Waals surface area contributed by atoms with Crippen LogP contribution in [-0.2, 0) is 12.8 Å². The Morgan fingerprint density at radius 3 is 2.75 bits per heavy atom. The predicted octanol–water partition coefficient (Wildman–Crippen LogP) is 2.83. The van der Waals surface area contributed by atoms with Crippen LogP contribution < -0.4 is 0 Å². The maximum Gasteiger partial charge on any atom is 0.232 e. The third kappa shape index (κ3) is 2.48. The normalized spacial score (nSPS) is 21.2. The van der Waals surface area contributed by atoms with Crippen LogP contribution in [0, 0.1) is 0 Å². The first-order valence-corrected chi connectivity index (χ1v) is 7.23. The summed E-state index contributed by atoms with van der Waals surface area (Å²) in [6.07, 6.45) is 2.61. The Labute approximate surface area is 118 Å². The molecule has 1 aliphatic rings. The lowest BCUT2D eigenvalue weighted by Gasteiger charge is -2.21. The molecule has 0 saturated carbocycles. The lowest BCUT2D eigenvalue weighted by atomic mass is 9.83. The Balaban J connectivity index is 1.78. The second-order valence-corrected chi connectivity index (χ2v) is 5.73. The van der Waals surface area contributed by atoms with E-state index in [-0.39, 0.29) is 5.92 Å². The summed E-state index contributed by atoms with van der Waals surface area (Å²) in [6, 6.07) is 8.55. The van der Waals surface area contributed by atoms with Crippen LogP contribution in [0.1, 0.15) is 54.9 Å². The smallest absolute Gasteiger partial charge is 0.232 e. The monoisotopic (exact) mass is 272 g/mol. The topological polar surface area (TPSA) is 59.2 Å². The van der Waals surface area contributed by atoms with Crippen molar-refractivity contribution < 1.29 is 9.63 Å². The fourth-order valence-electron chi connectivity index (χ4n) is 2.72. The molecule has 4 nitrogen and oxygen atoms in total. The van der Waals surface area contributed by atoms with Crippen molar-refractivity contribution in [3.8, 4) is 0 Å². The summed E-state index contributed by atoms with van der Waals surface area (Å²) in [5.74, 6) is 1.52. The van der Waals surface area contributed by atoms with E-state index in [1.807, 2.05) is 6.92 Å². The van der Waals surface area contributed by atoms with Gasteiger partial charge in [0.25, 0.3) is 0 Å². The van der Waals surface area contributed by atoms with Gasteiger partial charge in [0.2, 0.25) is 5.89 Å². The Morgan fingerprint density at radius 1 is 1.25 bits per heavy atom. The molecule has 1 aromatic carbocycles. The van der Waals surface area contributed by atoms with Crippen molar-refractivity contribution in [1.82, 2.24) is 10.1 Å². The fourth-order valence-corrected chi connectivity index (χ4v) is 2.72. The van der Waals surface area contributed by atoms with Crippen molar-refractivity contribution in [2.45, 2.75) is 51.0 Å². The van der Waals surface area contributed by atoms with Gasteiger partial charge < -0.3 is 9.63 Å². The van der Waals surface area contributed by atoms with E-state index < -0.39 is 6.10 Å². The molecule has 3 atom stereocenters. The number of hydrogen-bond donors (Lipinski definition) is 1.